The zero-order valence-electron chi connectivity index (χ0n) is 10.7. The van der Waals surface area contributed by atoms with E-state index in [1.807, 2.05) is 32.9 Å². The molecule has 0 aromatic heterocycles. The number of carbonyl (C=O) groups excluding carboxylic acids is 1. The molecule has 0 saturated carbocycles. The van der Waals surface area contributed by atoms with E-state index in [0.29, 0.717) is 18.0 Å². The average Bonchev–Trinajstić information content (AvgIpc) is 2.18. The first-order valence-corrected chi connectivity index (χ1v) is 6.86. The molecule has 0 saturated heterocycles. The molecule has 0 radical (unpaired) electrons. The van der Waals surface area contributed by atoms with E-state index >= 15 is 0 Å². The lowest BCUT2D eigenvalue weighted by Gasteiger charge is -2.19. The van der Waals surface area contributed by atoms with Gasteiger partial charge in [-0.1, -0.05) is 27.5 Å². The Hall–Kier alpha value is -0.740. The van der Waals surface area contributed by atoms with Crippen LogP contribution in [0.4, 0.5) is 5.69 Å². The Bertz CT molecular complexity index is 429. The molecule has 0 heterocycles. The SMILES string of the molecule is CC(C)(C)OC(=O)CCNc1ccc(Br)cc1Cl. The highest BCUT2D eigenvalue weighted by molar-refractivity contribution is 9.10. The third-order valence-corrected chi connectivity index (χ3v) is 2.80. The van der Waals surface area contributed by atoms with Crippen molar-refractivity contribution in [1.82, 2.24) is 0 Å². The second-order valence-corrected chi connectivity index (χ2v) is 6.21. The van der Waals surface area contributed by atoms with Gasteiger partial charge in [0.25, 0.3) is 0 Å². The van der Waals surface area contributed by atoms with Crippen molar-refractivity contribution >= 4 is 39.2 Å². The lowest BCUT2D eigenvalue weighted by Crippen LogP contribution is -2.25. The Kier molecular flexibility index (Phi) is 5.47. The zero-order valence-corrected chi connectivity index (χ0v) is 13.1. The fourth-order valence-corrected chi connectivity index (χ4v) is 2.06. The molecule has 0 unspecified atom stereocenters. The summed E-state index contributed by atoms with van der Waals surface area (Å²) in [5.74, 6) is -0.219. The van der Waals surface area contributed by atoms with E-state index < -0.39 is 5.60 Å². The topological polar surface area (TPSA) is 38.3 Å². The van der Waals surface area contributed by atoms with Gasteiger partial charge in [-0.3, -0.25) is 4.79 Å². The highest BCUT2D eigenvalue weighted by Gasteiger charge is 2.15. The molecule has 100 valence electrons. The van der Waals surface area contributed by atoms with Gasteiger partial charge in [-0.25, -0.2) is 0 Å². The van der Waals surface area contributed by atoms with Crippen LogP contribution in [0.3, 0.4) is 0 Å². The van der Waals surface area contributed by atoms with Gasteiger partial charge in [-0.15, -0.1) is 0 Å². The Morgan fingerprint density at radius 2 is 2.11 bits per heavy atom. The quantitative estimate of drug-likeness (QED) is 0.837. The first-order chi connectivity index (χ1) is 8.28. The molecule has 0 bridgehead atoms. The lowest BCUT2D eigenvalue weighted by atomic mass is 10.2. The van der Waals surface area contributed by atoms with Crippen molar-refractivity contribution < 1.29 is 9.53 Å². The zero-order chi connectivity index (χ0) is 13.8. The summed E-state index contributed by atoms with van der Waals surface area (Å²) in [5, 5.41) is 3.72. The van der Waals surface area contributed by atoms with Gasteiger partial charge in [0.1, 0.15) is 5.60 Å². The van der Waals surface area contributed by atoms with Crippen LogP contribution in [-0.2, 0) is 9.53 Å². The Morgan fingerprint density at radius 3 is 2.67 bits per heavy atom. The predicted octanol–water partition coefficient (Wildman–Crippen LogP) is 4.25. The van der Waals surface area contributed by atoms with Crippen LogP contribution in [0.1, 0.15) is 27.2 Å². The first kappa shape index (κ1) is 15.3. The van der Waals surface area contributed by atoms with E-state index in [0.717, 1.165) is 10.2 Å². The first-order valence-electron chi connectivity index (χ1n) is 5.69. The van der Waals surface area contributed by atoms with Gasteiger partial charge in [0.15, 0.2) is 0 Å². The highest BCUT2D eigenvalue weighted by Crippen LogP contribution is 2.25. The monoisotopic (exact) mass is 333 g/mol. The standard InChI is InChI=1S/C13H17BrClNO2/c1-13(2,3)18-12(17)6-7-16-11-5-4-9(14)8-10(11)15/h4-5,8,16H,6-7H2,1-3H3. The lowest BCUT2D eigenvalue weighted by molar-refractivity contribution is -0.154. The Labute approximate surface area is 121 Å². The fraction of sp³-hybridized carbons (Fsp3) is 0.462. The predicted molar refractivity (Wildman–Crippen MR) is 78.1 cm³/mol. The summed E-state index contributed by atoms with van der Waals surface area (Å²) < 4.78 is 6.13. The molecule has 5 heteroatoms. The molecule has 0 amide bonds. The molecule has 1 aromatic carbocycles. The van der Waals surface area contributed by atoms with E-state index in [-0.39, 0.29) is 5.97 Å². The molecule has 0 aliphatic heterocycles. The van der Waals surface area contributed by atoms with E-state index in [4.69, 9.17) is 16.3 Å². The van der Waals surface area contributed by atoms with Crippen molar-refractivity contribution in [3.8, 4) is 0 Å². The molecule has 0 atom stereocenters. The van der Waals surface area contributed by atoms with Crippen LogP contribution >= 0.6 is 27.5 Å². The molecule has 0 aliphatic carbocycles. The largest absolute Gasteiger partial charge is 0.460 e. The number of hydrogen-bond donors (Lipinski definition) is 1. The third kappa shape index (κ3) is 5.74. The van der Waals surface area contributed by atoms with Crippen LogP contribution in [0, 0.1) is 0 Å². The minimum absolute atomic E-state index is 0.219. The number of ether oxygens (including phenoxy) is 1. The average molecular weight is 335 g/mol. The van der Waals surface area contributed by atoms with Gasteiger partial charge in [0.05, 0.1) is 17.1 Å². The second kappa shape index (κ2) is 6.43. The van der Waals surface area contributed by atoms with Crippen LogP contribution in [0.15, 0.2) is 22.7 Å². The fourth-order valence-electron chi connectivity index (χ4n) is 1.32. The molecule has 0 aliphatic rings. The summed E-state index contributed by atoms with van der Waals surface area (Å²) in [7, 11) is 0. The number of carbonyl (C=O) groups is 1. The van der Waals surface area contributed by atoms with Gasteiger partial charge < -0.3 is 10.1 Å². The van der Waals surface area contributed by atoms with Crippen LogP contribution in [0.25, 0.3) is 0 Å². The number of rotatable bonds is 4. The van der Waals surface area contributed by atoms with Crippen molar-refractivity contribution in [1.29, 1.82) is 0 Å². The molecule has 0 fully saturated rings. The van der Waals surface area contributed by atoms with Crippen molar-refractivity contribution in [3.63, 3.8) is 0 Å². The maximum absolute atomic E-state index is 11.5. The number of esters is 1. The van der Waals surface area contributed by atoms with E-state index in [1.54, 1.807) is 6.07 Å². The molecule has 3 nitrogen and oxygen atoms in total. The van der Waals surface area contributed by atoms with E-state index in [9.17, 15) is 4.79 Å². The molecule has 1 rings (SSSR count). The van der Waals surface area contributed by atoms with E-state index in [1.165, 1.54) is 0 Å². The molecule has 0 spiro atoms. The number of nitrogens with one attached hydrogen (secondary N) is 1. The molecule has 1 N–H and O–H groups in total. The highest BCUT2D eigenvalue weighted by atomic mass is 79.9. The number of anilines is 1. The van der Waals surface area contributed by atoms with Gasteiger partial charge in [-0.2, -0.15) is 0 Å². The van der Waals surface area contributed by atoms with Crippen molar-refractivity contribution in [2.24, 2.45) is 0 Å². The normalized spacial score (nSPS) is 11.2. The van der Waals surface area contributed by atoms with Crippen molar-refractivity contribution in [3.05, 3.63) is 27.7 Å². The summed E-state index contributed by atoms with van der Waals surface area (Å²) in [6, 6.07) is 5.56. The van der Waals surface area contributed by atoms with Crippen LogP contribution in [0.5, 0.6) is 0 Å². The summed E-state index contributed by atoms with van der Waals surface area (Å²) in [4.78, 5) is 11.5. The minimum atomic E-state index is -0.438. The molecular formula is C13H17BrClNO2. The van der Waals surface area contributed by atoms with Gasteiger partial charge in [0.2, 0.25) is 0 Å². The van der Waals surface area contributed by atoms with Crippen LogP contribution in [-0.4, -0.2) is 18.1 Å². The van der Waals surface area contributed by atoms with E-state index in [2.05, 4.69) is 21.2 Å². The summed E-state index contributed by atoms with van der Waals surface area (Å²) in [6.07, 6.45) is 0.309. The Morgan fingerprint density at radius 1 is 1.44 bits per heavy atom. The second-order valence-electron chi connectivity index (χ2n) is 4.89. The molecule has 1 aromatic rings. The Balaban J connectivity index is 2.40. The molecular weight excluding hydrogens is 318 g/mol. The van der Waals surface area contributed by atoms with Gasteiger partial charge in [-0.05, 0) is 39.0 Å². The summed E-state index contributed by atoms with van der Waals surface area (Å²) in [5.41, 5.74) is 0.371. The van der Waals surface area contributed by atoms with Crippen molar-refractivity contribution in [2.45, 2.75) is 32.8 Å². The number of benzene rings is 1. The van der Waals surface area contributed by atoms with Gasteiger partial charge >= 0.3 is 5.97 Å². The van der Waals surface area contributed by atoms with Gasteiger partial charge in [0, 0.05) is 11.0 Å². The third-order valence-electron chi connectivity index (χ3n) is 2.00. The van der Waals surface area contributed by atoms with Crippen LogP contribution in [0.2, 0.25) is 5.02 Å². The summed E-state index contributed by atoms with van der Waals surface area (Å²) in [6.45, 7) is 6.05. The maximum Gasteiger partial charge on any atom is 0.308 e. The smallest absolute Gasteiger partial charge is 0.308 e. The molecule has 18 heavy (non-hydrogen) atoms. The number of hydrogen-bond acceptors (Lipinski definition) is 3. The minimum Gasteiger partial charge on any atom is -0.460 e. The number of halogens is 2. The van der Waals surface area contributed by atoms with Crippen LogP contribution < -0.4 is 5.32 Å². The maximum atomic E-state index is 11.5. The van der Waals surface area contributed by atoms with Crippen molar-refractivity contribution in [2.75, 3.05) is 11.9 Å². The summed E-state index contributed by atoms with van der Waals surface area (Å²) >= 11 is 9.38.